The van der Waals surface area contributed by atoms with Crippen LogP contribution < -0.4 is 5.32 Å². The van der Waals surface area contributed by atoms with E-state index in [4.69, 9.17) is 0 Å². The van der Waals surface area contributed by atoms with E-state index in [2.05, 4.69) is 22.4 Å². The molecule has 1 aliphatic heterocycles. The van der Waals surface area contributed by atoms with Crippen LogP contribution in [0.4, 0.5) is 5.82 Å². The van der Waals surface area contributed by atoms with Gasteiger partial charge >= 0.3 is 0 Å². The van der Waals surface area contributed by atoms with E-state index in [-0.39, 0.29) is 5.91 Å². The van der Waals surface area contributed by atoms with E-state index in [0.717, 1.165) is 25.9 Å². The van der Waals surface area contributed by atoms with Crippen LogP contribution in [0.1, 0.15) is 35.3 Å². The fraction of sp³-hybridized carbons (Fsp3) is 0.412. The Morgan fingerprint density at radius 1 is 1.18 bits per heavy atom. The van der Waals surface area contributed by atoms with E-state index in [1.165, 1.54) is 12.0 Å². The molecule has 1 aromatic carbocycles. The molecule has 1 aliphatic rings. The van der Waals surface area contributed by atoms with E-state index in [1.807, 2.05) is 34.7 Å². The summed E-state index contributed by atoms with van der Waals surface area (Å²) >= 11 is 0. The summed E-state index contributed by atoms with van der Waals surface area (Å²) in [6, 6.07) is 10.1. The van der Waals surface area contributed by atoms with Crippen molar-refractivity contribution in [3.8, 4) is 0 Å². The molecule has 0 radical (unpaired) electrons. The average molecular weight is 298 g/mol. The zero-order valence-corrected chi connectivity index (χ0v) is 13.0. The maximum absolute atomic E-state index is 12.7. The van der Waals surface area contributed by atoms with Gasteiger partial charge in [0, 0.05) is 26.7 Å². The molecule has 0 atom stereocenters. The third kappa shape index (κ3) is 3.13. The number of imidazole rings is 1. The predicted octanol–water partition coefficient (Wildman–Crippen LogP) is 2.66. The van der Waals surface area contributed by atoms with Crippen molar-refractivity contribution in [3.63, 3.8) is 0 Å². The first-order valence-electron chi connectivity index (χ1n) is 7.84. The first kappa shape index (κ1) is 14.6. The van der Waals surface area contributed by atoms with Gasteiger partial charge in [0.25, 0.3) is 5.91 Å². The molecular formula is C17H22N4O. The smallest absolute Gasteiger partial charge is 0.274 e. The molecule has 3 rings (SSSR count). The highest BCUT2D eigenvalue weighted by atomic mass is 16.2. The van der Waals surface area contributed by atoms with Gasteiger partial charge in [-0.2, -0.15) is 0 Å². The van der Waals surface area contributed by atoms with Crippen LogP contribution >= 0.6 is 0 Å². The molecule has 1 fully saturated rings. The molecule has 22 heavy (non-hydrogen) atoms. The van der Waals surface area contributed by atoms with Gasteiger partial charge in [0.15, 0.2) is 11.5 Å². The number of aryl methyl sites for hydroxylation is 1. The molecule has 0 bridgehead atoms. The molecule has 2 heterocycles. The van der Waals surface area contributed by atoms with Crippen LogP contribution in [0.25, 0.3) is 0 Å². The number of carbonyl (C=O) groups is 1. The number of nitrogens with zero attached hydrogens (tertiary/aromatic N) is 3. The number of piperidine rings is 1. The highest BCUT2D eigenvalue weighted by Gasteiger charge is 2.24. The molecule has 1 amide bonds. The van der Waals surface area contributed by atoms with Gasteiger partial charge in [-0.15, -0.1) is 0 Å². The fourth-order valence-corrected chi connectivity index (χ4v) is 2.84. The molecule has 1 saturated heterocycles. The van der Waals surface area contributed by atoms with Crippen molar-refractivity contribution >= 4 is 11.7 Å². The van der Waals surface area contributed by atoms with Crippen molar-refractivity contribution in [2.45, 2.75) is 25.8 Å². The van der Waals surface area contributed by atoms with Crippen LogP contribution in [0.5, 0.6) is 0 Å². The standard InChI is InChI=1S/C17H22N4O/c1-20-13-19-16(18-12-14-8-4-2-5-9-14)15(20)17(22)21-10-6-3-7-11-21/h2,4-5,8-9,13,18H,3,6-7,10-12H2,1H3/i18+0. The average Bonchev–Trinajstić information content (AvgIpc) is 2.95. The number of rotatable bonds is 4. The lowest BCUT2D eigenvalue weighted by Gasteiger charge is -2.27. The Labute approximate surface area is 131 Å². The fourth-order valence-electron chi connectivity index (χ4n) is 2.84. The lowest BCUT2D eigenvalue weighted by molar-refractivity contribution is 0.0715. The van der Waals surface area contributed by atoms with Gasteiger partial charge < -0.3 is 14.8 Å². The topological polar surface area (TPSA) is 50.2 Å². The second-order valence-corrected chi connectivity index (χ2v) is 5.74. The largest absolute Gasteiger partial charge is 0.364 e. The molecule has 0 saturated carbocycles. The lowest BCUT2D eigenvalue weighted by Crippen LogP contribution is -2.36. The Hall–Kier alpha value is -2.30. The molecule has 116 valence electrons. The van der Waals surface area contributed by atoms with Gasteiger partial charge in [0.2, 0.25) is 0 Å². The van der Waals surface area contributed by atoms with E-state index in [9.17, 15) is 4.79 Å². The maximum Gasteiger partial charge on any atom is 0.274 e. The van der Waals surface area contributed by atoms with Crippen molar-refractivity contribution in [2.75, 3.05) is 18.4 Å². The molecule has 2 aromatic rings. The van der Waals surface area contributed by atoms with Crippen LogP contribution in [0.15, 0.2) is 36.7 Å². The minimum atomic E-state index is 0.0789. The van der Waals surface area contributed by atoms with Crippen LogP contribution in [0.2, 0.25) is 0 Å². The van der Waals surface area contributed by atoms with E-state index in [1.54, 1.807) is 6.33 Å². The van der Waals surface area contributed by atoms with Crippen LogP contribution in [0, 0.1) is 0 Å². The summed E-state index contributed by atoms with van der Waals surface area (Å²) in [6.07, 6.45) is 5.10. The van der Waals surface area contributed by atoms with Gasteiger partial charge in [-0.05, 0) is 24.8 Å². The van der Waals surface area contributed by atoms with Crippen LogP contribution in [0.3, 0.4) is 0 Å². The monoisotopic (exact) mass is 298 g/mol. The number of benzene rings is 1. The number of amides is 1. The Morgan fingerprint density at radius 3 is 2.64 bits per heavy atom. The Bertz CT molecular complexity index is 629. The van der Waals surface area contributed by atoms with Crippen molar-refractivity contribution in [3.05, 3.63) is 47.9 Å². The molecule has 5 heteroatoms. The predicted molar refractivity (Wildman–Crippen MR) is 86.7 cm³/mol. The summed E-state index contributed by atoms with van der Waals surface area (Å²) in [5, 5.41) is 3.29. The Kier molecular flexibility index (Phi) is 4.42. The minimum Gasteiger partial charge on any atom is -0.364 e. The van der Waals surface area contributed by atoms with E-state index in [0.29, 0.717) is 18.1 Å². The number of aromatic nitrogens is 2. The molecule has 0 spiro atoms. The molecule has 5 nitrogen and oxygen atoms in total. The first-order chi connectivity index (χ1) is 10.8. The van der Waals surface area contributed by atoms with Crippen molar-refractivity contribution in [2.24, 2.45) is 7.05 Å². The summed E-state index contributed by atoms with van der Waals surface area (Å²) in [6.45, 7) is 2.36. The molecule has 0 unspecified atom stereocenters. The minimum absolute atomic E-state index is 0.0789. The summed E-state index contributed by atoms with van der Waals surface area (Å²) in [7, 11) is 1.87. The number of hydrogen-bond acceptors (Lipinski definition) is 3. The normalized spacial score (nSPS) is 14.9. The molecular weight excluding hydrogens is 276 g/mol. The van der Waals surface area contributed by atoms with Gasteiger partial charge in [0.05, 0.1) is 6.33 Å². The summed E-state index contributed by atoms with van der Waals surface area (Å²) in [5.74, 6) is 0.747. The van der Waals surface area contributed by atoms with Gasteiger partial charge in [-0.1, -0.05) is 30.3 Å². The maximum atomic E-state index is 12.7. The molecule has 1 N–H and O–H groups in total. The van der Waals surface area contributed by atoms with Crippen molar-refractivity contribution in [1.29, 1.82) is 0 Å². The van der Waals surface area contributed by atoms with Crippen molar-refractivity contribution < 1.29 is 4.79 Å². The van der Waals surface area contributed by atoms with E-state index < -0.39 is 0 Å². The van der Waals surface area contributed by atoms with Gasteiger partial charge in [-0.25, -0.2) is 4.98 Å². The van der Waals surface area contributed by atoms with Crippen LogP contribution in [-0.4, -0.2) is 33.4 Å². The Morgan fingerprint density at radius 2 is 1.91 bits per heavy atom. The van der Waals surface area contributed by atoms with Gasteiger partial charge in [-0.3, -0.25) is 4.79 Å². The SMILES string of the molecule is Cn1cnc([14NH]Cc2ccccc2)c1C(=O)N1CCCCC1. The lowest BCUT2D eigenvalue weighted by atomic mass is 10.1. The quantitative estimate of drug-likeness (QED) is 0.944. The summed E-state index contributed by atoms with van der Waals surface area (Å²) < 4.78 is 1.81. The first-order valence-corrected chi connectivity index (χ1v) is 7.84. The number of likely N-dealkylation sites (tertiary alicyclic amines) is 1. The van der Waals surface area contributed by atoms with E-state index >= 15 is 0 Å². The third-order valence-corrected chi connectivity index (χ3v) is 4.09. The number of hydrogen-bond donors (Lipinski definition) is 1. The summed E-state index contributed by atoms with van der Waals surface area (Å²) in [5.41, 5.74) is 1.82. The zero-order chi connectivity index (χ0) is 15.4. The number of nitrogens with one attached hydrogen (secondary N) is 1. The number of carbonyl (C=O) groups excluding carboxylic acids is 1. The Balaban J connectivity index is 1.74. The zero-order valence-electron chi connectivity index (χ0n) is 13.0. The van der Waals surface area contributed by atoms with Gasteiger partial charge in [0.1, 0.15) is 0 Å². The second kappa shape index (κ2) is 6.64. The highest BCUT2D eigenvalue weighted by molar-refractivity contribution is 5.97. The van der Waals surface area contributed by atoms with Crippen LogP contribution in [-0.2, 0) is 13.6 Å². The highest BCUT2D eigenvalue weighted by Crippen LogP contribution is 2.19. The van der Waals surface area contributed by atoms with Crippen molar-refractivity contribution in [1.82, 2.24) is 14.5 Å². The summed E-state index contributed by atoms with van der Waals surface area (Å²) in [4.78, 5) is 19.0. The molecule has 1 aromatic heterocycles. The number of anilines is 1. The molecule has 0 aliphatic carbocycles. The second-order valence-electron chi connectivity index (χ2n) is 5.74. The third-order valence-electron chi connectivity index (χ3n) is 4.09.